The highest BCUT2D eigenvalue weighted by molar-refractivity contribution is 8.00. The summed E-state index contributed by atoms with van der Waals surface area (Å²) in [4.78, 5) is 12.6. The van der Waals surface area contributed by atoms with Crippen molar-refractivity contribution in [2.24, 2.45) is 11.8 Å². The van der Waals surface area contributed by atoms with Gasteiger partial charge in [-0.1, -0.05) is 13.8 Å². The van der Waals surface area contributed by atoms with Crippen LogP contribution in [0.25, 0.3) is 0 Å². The van der Waals surface area contributed by atoms with Gasteiger partial charge in [0.15, 0.2) is 0 Å². The molecule has 0 spiro atoms. The number of carbonyl (C=O) groups excluding carboxylic acids is 1. The molecule has 0 saturated heterocycles. The number of hydrazine groups is 1. The van der Waals surface area contributed by atoms with E-state index >= 15 is 0 Å². The maximum Gasteiger partial charge on any atom is 0.247 e. The summed E-state index contributed by atoms with van der Waals surface area (Å²) in [6, 6.07) is 5.45. The smallest absolute Gasteiger partial charge is 0.247 e. The van der Waals surface area contributed by atoms with Crippen LogP contribution in [0.15, 0.2) is 23.1 Å². The van der Waals surface area contributed by atoms with E-state index in [1.165, 1.54) is 11.8 Å². The first-order valence-corrected chi connectivity index (χ1v) is 7.07. The molecule has 19 heavy (non-hydrogen) atoms. The molecule has 5 N–H and O–H groups in total. The van der Waals surface area contributed by atoms with Crippen LogP contribution in [0.2, 0.25) is 0 Å². The van der Waals surface area contributed by atoms with Crippen molar-refractivity contribution in [1.82, 2.24) is 5.43 Å². The highest BCUT2D eigenvalue weighted by Crippen LogP contribution is 2.34. The van der Waals surface area contributed by atoms with Crippen LogP contribution in [-0.4, -0.2) is 17.8 Å². The second-order valence-electron chi connectivity index (χ2n) is 4.42. The van der Waals surface area contributed by atoms with Gasteiger partial charge >= 0.3 is 0 Å². The molecule has 1 atom stereocenters. The van der Waals surface area contributed by atoms with Crippen LogP contribution in [0.3, 0.4) is 0 Å². The van der Waals surface area contributed by atoms with Crippen molar-refractivity contribution in [2.45, 2.75) is 30.9 Å². The predicted molar refractivity (Wildman–Crippen MR) is 78.8 cm³/mol. The maximum atomic E-state index is 11.8. The minimum atomic E-state index is -0.288. The molecular weight excluding hydrogens is 262 g/mol. The first-order chi connectivity index (χ1) is 8.99. The van der Waals surface area contributed by atoms with Gasteiger partial charge in [-0.2, -0.15) is 0 Å². The molecule has 0 aliphatic heterocycles. The lowest BCUT2D eigenvalue weighted by atomic mass is 10.1. The number of carbonyl (C=O) groups is 1. The Balaban J connectivity index is 2.95. The topological polar surface area (TPSA) is 90.4 Å². The van der Waals surface area contributed by atoms with Crippen molar-refractivity contribution < 1.29 is 9.53 Å². The quantitative estimate of drug-likeness (QED) is 0.243. The van der Waals surface area contributed by atoms with E-state index in [1.54, 1.807) is 6.07 Å². The van der Waals surface area contributed by atoms with Crippen LogP contribution in [0.4, 0.5) is 5.69 Å². The minimum absolute atomic E-state index is 0.142. The zero-order valence-electron chi connectivity index (χ0n) is 11.5. The van der Waals surface area contributed by atoms with Crippen LogP contribution in [-0.2, 0) is 4.79 Å². The van der Waals surface area contributed by atoms with Gasteiger partial charge in [0.1, 0.15) is 5.75 Å². The van der Waals surface area contributed by atoms with E-state index < -0.39 is 0 Å². The molecule has 0 aliphatic carbocycles. The van der Waals surface area contributed by atoms with Crippen LogP contribution in [0.1, 0.15) is 20.8 Å². The molecule has 6 heteroatoms. The van der Waals surface area contributed by atoms with Gasteiger partial charge in [0.25, 0.3) is 0 Å². The number of rotatable bonds is 6. The third-order valence-electron chi connectivity index (χ3n) is 2.56. The fourth-order valence-corrected chi connectivity index (χ4v) is 2.69. The molecule has 0 fully saturated rings. The van der Waals surface area contributed by atoms with Gasteiger partial charge in [-0.15, -0.1) is 11.8 Å². The van der Waals surface area contributed by atoms with Crippen LogP contribution in [0.5, 0.6) is 5.75 Å². The Morgan fingerprint density at radius 1 is 1.47 bits per heavy atom. The number of nitrogens with two attached hydrogens (primary N) is 2. The SMILES string of the molecule is CCOc1ccc(N)c(SC(C(=O)NN)C(C)C)c1. The highest BCUT2D eigenvalue weighted by Gasteiger charge is 2.23. The van der Waals surface area contributed by atoms with Gasteiger partial charge in [0.2, 0.25) is 5.91 Å². The minimum Gasteiger partial charge on any atom is -0.494 e. The van der Waals surface area contributed by atoms with E-state index in [0.29, 0.717) is 12.3 Å². The number of anilines is 1. The first kappa shape index (κ1) is 15.7. The third-order valence-corrected chi connectivity index (χ3v) is 4.18. The average molecular weight is 283 g/mol. The van der Waals surface area contributed by atoms with Crippen molar-refractivity contribution in [1.29, 1.82) is 0 Å². The summed E-state index contributed by atoms with van der Waals surface area (Å²) in [5.74, 6) is 5.89. The van der Waals surface area contributed by atoms with Crippen LogP contribution in [0, 0.1) is 5.92 Å². The van der Waals surface area contributed by atoms with Gasteiger partial charge in [-0.05, 0) is 31.0 Å². The summed E-state index contributed by atoms with van der Waals surface area (Å²) in [7, 11) is 0. The highest BCUT2D eigenvalue weighted by atomic mass is 32.2. The van der Waals surface area contributed by atoms with Crippen LogP contribution >= 0.6 is 11.8 Å². The van der Waals surface area contributed by atoms with E-state index in [2.05, 4.69) is 5.43 Å². The lowest BCUT2D eigenvalue weighted by molar-refractivity contribution is -0.121. The first-order valence-electron chi connectivity index (χ1n) is 6.19. The van der Waals surface area contributed by atoms with E-state index in [4.69, 9.17) is 16.3 Å². The molecule has 1 aromatic rings. The molecule has 0 bridgehead atoms. The van der Waals surface area contributed by atoms with E-state index in [9.17, 15) is 4.79 Å². The number of benzene rings is 1. The molecule has 0 saturated carbocycles. The number of hydrogen-bond acceptors (Lipinski definition) is 5. The Labute approximate surface area is 118 Å². The van der Waals surface area contributed by atoms with E-state index in [-0.39, 0.29) is 17.1 Å². The van der Waals surface area contributed by atoms with Gasteiger partial charge in [0.05, 0.1) is 11.9 Å². The summed E-state index contributed by atoms with van der Waals surface area (Å²) in [6.45, 7) is 6.44. The van der Waals surface area contributed by atoms with Crippen molar-refractivity contribution in [2.75, 3.05) is 12.3 Å². The molecule has 106 valence electrons. The van der Waals surface area contributed by atoms with Gasteiger partial charge < -0.3 is 10.5 Å². The Morgan fingerprint density at radius 3 is 2.68 bits per heavy atom. The van der Waals surface area contributed by atoms with Crippen molar-refractivity contribution >= 4 is 23.4 Å². The van der Waals surface area contributed by atoms with E-state index in [1.807, 2.05) is 32.9 Å². The second-order valence-corrected chi connectivity index (χ2v) is 5.61. The van der Waals surface area contributed by atoms with Crippen molar-refractivity contribution in [3.8, 4) is 5.75 Å². The molecule has 0 radical (unpaired) electrons. The maximum absolute atomic E-state index is 11.8. The standard InChI is InChI=1S/C13H21N3O2S/c1-4-18-9-5-6-10(14)11(7-9)19-12(8(2)3)13(17)16-15/h5-8,12H,4,14-15H2,1-3H3,(H,16,17). The number of nitrogens with one attached hydrogen (secondary N) is 1. The zero-order chi connectivity index (χ0) is 14.4. The number of thioether (sulfide) groups is 1. The number of amides is 1. The summed E-state index contributed by atoms with van der Waals surface area (Å²) < 4.78 is 5.44. The lowest BCUT2D eigenvalue weighted by Crippen LogP contribution is -2.39. The Morgan fingerprint density at radius 2 is 2.16 bits per heavy atom. The molecule has 1 aromatic carbocycles. The lowest BCUT2D eigenvalue weighted by Gasteiger charge is -2.19. The average Bonchev–Trinajstić information content (AvgIpc) is 2.38. The second kappa shape index (κ2) is 7.25. The van der Waals surface area contributed by atoms with Gasteiger partial charge in [0, 0.05) is 10.6 Å². The fourth-order valence-electron chi connectivity index (χ4n) is 1.58. The Bertz CT molecular complexity index is 438. The third kappa shape index (κ3) is 4.33. The summed E-state index contributed by atoms with van der Waals surface area (Å²) >= 11 is 1.40. The largest absolute Gasteiger partial charge is 0.494 e. The van der Waals surface area contributed by atoms with Crippen molar-refractivity contribution in [3.63, 3.8) is 0 Å². The summed E-state index contributed by atoms with van der Waals surface area (Å²) in [5, 5.41) is -0.288. The number of ether oxygens (including phenoxy) is 1. The molecular formula is C13H21N3O2S. The van der Waals surface area contributed by atoms with Gasteiger partial charge in [-0.3, -0.25) is 10.2 Å². The Hall–Kier alpha value is -1.40. The molecule has 1 rings (SSSR count). The zero-order valence-corrected chi connectivity index (χ0v) is 12.3. The molecule has 0 aromatic heterocycles. The summed E-state index contributed by atoms with van der Waals surface area (Å²) in [6.07, 6.45) is 0. The molecule has 0 aliphatic rings. The molecule has 5 nitrogen and oxygen atoms in total. The molecule has 0 heterocycles. The normalized spacial score (nSPS) is 12.3. The molecule has 1 unspecified atom stereocenters. The number of nitrogen functional groups attached to an aromatic ring is 1. The Kier molecular flexibility index (Phi) is 5.98. The number of hydrogen-bond donors (Lipinski definition) is 3. The molecule has 1 amide bonds. The van der Waals surface area contributed by atoms with Crippen molar-refractivity contribution in [3.05, 3.63) is 18.2 Å². The van der Waals surface area contributed by atoms with Crippen LogP contribution < -0.4 is 21.7 Å². The fraction of sp³-hybridized carbons (Fsp3) is 0.462. The predicted octanol–water partition coefficient (Wildman–Crippen LogP) is 1.77. The summed E-state index contributed by atoms with van der Waals surface area (Å²) in [5.41, 5.74) is 8.76. The monoisotopic (exact) mass is 283 g/mol. The van der Waals surface area contributed by atoms with E-state index in [0.717, 1.165) is 10.6 Å². The van der Waals surface area contributed by atoms with Gasteiger partial charge in [-0.25, -0.2) is 5.84 Å².